The molecule has 106 valence electrons. The number of thiophene rings is 1. The van der Waals surface area contributed by atoms with E-state index < -0.39 is 0 Å². The van der Waals surface area contributed by atoms with Crippen LogP contribution in [0.1, 0.15) is 32.1 Å². The van der Waals surface area contributed by atoms with Gasteiger partial charge >= 0.3 is 0 Å². The number of H-pyrrole nitrogens is 1. The first-order valence-electron chi connectivity index (χ1n) is 7.11. The Balaban J connectivity index is 1.47. The van der Waals surface area contributed by atoms with Gasteiger partial charge in [0, 0.05) is 20.7 Å². The molecule has 0 unspecified atom stereocenters. The summed E-state index contributed by atoms with van der Waals surface area (Å²) in [5.74, 6) is -0.0416. The van der Waals surface area contributed by atoms with Crippen LogP contribution in [0.3, 0.4) is 0 Å². The highest BCUT2D eigenvalue weighted by atomic mass is 32.1. The van der Waals surface area contributed by atoms with Gasteiger partial charge in [-0.25, -0.2) is 0 Å². The van der Waals surface area contributed by atoms with Gasteiger partial charge < -0.3 is 5.32 Å². The number of aryl methyl sites for hydroxylation is 2. The first-order valence-corrected chi connectivity index (χ1v) is 7.93. The summed E-state index contributed by atoms with van der Waals surface area (Å²) >= 11 is 1.83. The molecule has 1 aromatic carbocycles. The van der Waals surface area contributed by atoms with Crippen LogP contribution in [-0.4, -0.2) is 16.1 Å². The van der Waals surface area contributed by atoms with Crippen molar-refractivity contribution in [3.05, 3.63) is 51.3 Å². The van der Waals surface area contributed by atoms with Crippen molar-refractivity contribution in [2.45, 2.75) is 25.8 Å². The van der Waals surface area contributed by atoms with Crippen molar-refractivity contribution in [1.29, 1.82) is 0 Å². The molecule has 2 heterocycles. The number of amides is 1. The molecular weight excluding hydrogens is 282 g/mol. The lowest BCUT2D eigenvalue weighted by Crippen LogP contribution is -2.22. The molecule has 2 aromatic heterocycles. The molecule has 0 bridgehead atoms. The summed E-state index contributed by atoms with van der Waals surface area (Å²) < 4.78 is 0. The minimum Gasteiger partial charge on any atom is -0.347 e. The summed E-state index contributed by atoms with van der Waals surface area (Å²) in [6.07, 6.45) is 5.42. The van der Waals surface area contributed by atoms with Gasteiger partial charge in [0.1, 0.15) is 0 Å². The quantitative estimate of drug-likeness (QED) is 0.780. The van der Waals surface area contributed by atoms with Crippen molar-refractivity contribution in [2.75, 3.05) is 0 Å². The number of aromatic amines is 1. The molecule has 0 fully saturated rings. The lowest BCUT2D eigenvalue weighted by atomic mass is 10.1. The summed E-state index contributed by atoms with van der Waals surface area (Å²) in [4.78, 5) is 15.0. The van der Waals surface area contributed by atoms with E-state index in [2.05, 4.69) is 21.6 Å². The summed E-state index contributed by atoms with van der Waals surface area (Å²) in [7, 11) is 0. The van der Waals surface area contributed by atoms with Crippen LogP contribution >= 0.6 is 11.3 Å². The predicted octanol–water partition coefficient (Wildman–Crippen LogP) is 3.04. The second-order valence-electron chi connectivity index (χ2n) is 5.37. The second-order valence-corrected chi connectivity index (χ2v) is 6.59. The van der Waals surface area contributed by atoms with Gasteiger partial charge in [-0.15, -0.1) is 11.3 Å². The van der Waals surface area contributed by atoms with Gasteiger partial charge in [0.25, 0.3) is 5.91 Å². The highest BCUT2D eigenvalue weighted by Crippen LogP contribution is 2.30. The maximum atomic E-state index is 12.2. The number of nitrogens with zero attached hydrogens (tertiary/aromatic N) is 1. The SMILES string of the molecule is O=C(NCc1cc2c(s1)CCC2)c1ccc2cn[nH]c2c1. The van der Waals surface area contributed by atoms with Gasteiger partial charge in [-0.1, -0.05) is 6.07 Å². The number of fused-ring (bicyclic) bond motifs is 2. The van der Waals surface area contributed by atoms with E-state index in [1.54, 1.807) is 6.20 Å². The number of nitrogens with one attached hydrogen (secondary N) is 2. The Morgan fingerprint density at radius 3 is 3.19 bits per heavy atom. The Labute approximate surface area is 126 Å². The van der Waals surface area contributed by atoms with E-state index >= 15 is 0 Å². The molecule has 0 spiro atoms. The minimum atomic E-state index is -0.0416. The molecule has 1 aliphatic rings. The fourth-order valence-electron chi connectivity index (χ4n) is 2.83. The molecule has 0 saturated heterocycles. The lowest BCUT2D eigenvalue weighted by Gasteiger charge is -2.04. The molecule has 21 heavy (non-hydrogen) atoms. The first-order chi connectivity index (χ1) is 10.3. The van der Waals surface area contributed by atoms with Crippen LogP contribution in [-0.2, 0) is 19.4 Å². The molecule has 0 aliphatic heterocycles. The van der Waals surface area contributed by atoms with Crippen molar-refractivity contribution in [3.8, 4) is 0 Å². The van der Waals surface area contributed by atoms with Crippen LogP contribution in [0, 0.1) is 0 Å². The number of hydrogen-bond acceptors (Lipinski definition) is 3. The highest BCUT2D eigenvalue weighted by molar-refractivity contribution is 7.12. The number of benzene rings is 1. The zero-order valence-corrected chi connectivity index (χ0v) is 12.3. The molecule has 0 saturated carbocycles. The molecule has 4 rings (SSSR count). The fourth-order valence-corrected chi connectivity index (χ4v) is 4.03. The lowest BCUT2D eigenvalue weighted by molar-refractivity contribution is 0.0951. The number of hydrogen-bond donors (Lipinski definition) is 2. The number of aromatic nitrogens is 2. The Morgan fingerprint density at radius 1 is 1.33 bits per heavy atom. The monoisotopic (exact) mass is 297 g/mol. The van der Waals surface area contributed by atoms with Gasteiger partial charge in [-0.3, -0.25) is 9.89 Å². The van der Waals surface area contributed by atoms with Crippen molar-refractivity contribution in [1.82, 2.24) is 15.5 Å². The van der Waals surface area contributed by atoms with Gasteiger partial charge in [-0.2, -0.15) is 5.10 Å². The molecule has 5 heteroatoms. The van der Waals surface area contributed by atoms with E-state index in [0.717, 1.165) is 10.9 Å². The molecule has 4 nitrogen and oxygen atoms in total. The molecule has 0 radical (unpaired) electrons. The van der Waals surface area contributed by atoms with Crippen molar-refractivity contribution >= 4 is 28.1 Å². The number of rotatable bonds is 3. The van der Waals surface area contributed by atoms with E-state index in [9.17, 15) is 4.79 Å². The van der Waals surface area contributed by atoms with E-state index in [1.165, 1.54) is 34.6 Å². The van der Waals surface area contributed by atoms with Crippen molar-refractivity contribution < 1.29 is 4.79 Å². The standard InChI is InChI=1S/C16H15N3OS/c20-16(11-4-5-12-8-18-19-14(12)7-11)17-9-13-6-10-2-1-3-15(10)21-13/h4-8H,1-3,9H2,(H,17,20)(H,18,19). The normalized spacial score (nSPS) is 13.5. The number of carbonyl (C=O) groups is 1. The zero-order valence-electron chi connectivity index (χ0n) is 11.5. The molecule has 1 aliphatic carbocycles. The number of carbonyl (C=O) groups excluding carboxylic acids is 1. The van der Waals surface area contributed by atoms with Gasteiger partial charge in [-0.05, 0) is 43.0 Å². The molecule has 3 aromatic rings. The molecule has 0 atom stereocenters. The van der Waals surface area contributed by atoms with Crippen molar-refractivity contribution in [3.63, 3.8) is 0 Å². The largest absolute Gasteiger partial charge is 0.347 e. The Morgan fingerprint density at radius 2 is 2.29 bits per heavy atom. The Bertz CT molecular complexity index is 796. The van der Waals surface area contributed by atoms with Crippen LogP contribution in [0.25, 0.3) is 10.9 Å². The van der Waals surface area contributed by atoms with Crippen LogP contribution in [0.15, 0.2) is 30.5 Å². The van der Waals surface area contributed by atoms with E-state index in [-0.39, 0.29) is 5.91 Å². The maximum absolute atomic E-state index is 12.2. The Kier molecular flexibility index (Phi) is 3.00. The minimum absolute atomic E-state index is 0.0416. The average Bonchev–Trinajstić information content (AvgIpc) is 3.18. The third kappa shape index (κ3) is 2.34. The summed E-state index contributed by atoms with van der Waals surface area (Å²) in [6.45, 7) is 0.609. The van der Waals surface area contributed by atoms with Gasteiger partial charge in [0.05, 0.1) is 18.3 Å². The van der Waals surface area contributed by atoms with Crippen LogP contribution < -0.4 is 5.32 Å². The van der Waals surface area contributed by atoms with Crippen LogP contribution in [0.4, 0.5) is 0 Å². The molecule has 1 amide bonds. The molecular formula is C16H15N3OS. The van der Waals surface area contributed by atoms with Gasteiger partial charge in [0.2, 0.25) is 0 Å². The molecule has 2 N–H and O–H groups in total. The predicted molar refractivity (Wildman–Crippen MR) is 83.6 cm³/mol. The summed E-state index contributed by atoms with van der Waals surface area (Å²) in [6, 6.07) is 7.83. The third-order valence-corrected chi connectivity index (χ3v) is 5.16. The zero-order chi connectivity index (χ0) is 14.2. The van der Waals surface area contributed by atoms with E-state index in [1.807, 2.05) is 29.5 Å². The topological polar surface area (TPSA) is 57.8 Å². The second kappa shape index (κ2) is 5.00. The highest BCUT2D eigenvalue weighted by Gasteiger charge is 2.15. The summed E-state index contributed by atoms with van der Waals surface area (Å²) in [5.41, 5.74) is 3.02. The van der Waals surface area contributed by atoms with Crippen molar-refractivity contribution in [2.24, 2.45) is 0 Å². The first kappa shape index (κ1) is 12.6. The smallest absolute Gasteiger partial charge is 0.251 e. The van der Waals surface area contributed by atoms with E-state index in [0.29, 0.717) is 12.1 Å². The van der Waals surface area contributed by atoms with Gasteiger partial charge in [0.15, 0.2) is 0 Å². The van der Waals surface area contributed by atoms with E-state index in [4.69, 9.17) is 0 Å². The van der Waals surface area contributed by atoms with Crippen LogP contribution in [0.5, 0.6) is 0 Å². The average molecular weight is 297 g/mol. The Hall–Kier alpha value is -2.14. The van der Waals surface area contributed by atoms with Crippen LogP contribution in [0.2, 0.25) is 0 Å². The summed E-state index contributed by atoms with van der Waals surface area (Å²) in [5, 5.41) is 10.9. The fraction of sp³-hybridized carbons (Fsp3) is 0.250. The maximum Gasteiger partial charge on any atom is 0.251 e. The third-order valence-electron chi connectivity index (χ3n) is 3.92.